The van der Waals surface area contributed by atoms with Crippen LogP contribution in [0.1, 0.15) is 25.7 Å². The molecule has 5 unspecified atom stereocenters. The number of halogens is 2. The first-order valence-electron chi connectivity index (χ1n) is 6.02. The fourth-order valence-electron chi connectivity index (χ4n) is 4.27. The highest BCUT2D eigenvalue weighted by Gasteiger charge is 2.56. The lowest BCUT2D eigenvalue weighted by molar-refractivity contribution is 0.0274. The van der Waals surface area contributed by atoms with Crippen LogP contribution in [0.25, 0.3) is 0 Å². The van der Waals surface area contributed by atoms with Crippen LogP contribution < -0.4 is 0 Å². The van der Waals surface area contributed by atoms with Crippen molar-refractivity contribution in [1.29, 1.82) is 0 Å². The van der Waals surface area contributed by atoms with Crippen LogP contribution in [0.15, 0.2) is 22.2 Å². The van der Waals surface area contributed by atoms with Gasteiger partial charge >= 0.3 is 0 Å². The minimum Gasteiger partial charge on any atom is -0.393 e. The van der Waals surface area contributed by atoms with Crippen molar-refractivity contribution in [2.45, 2.75) is 31.8 Å². The van der Waals surface area contributed by atoms with Gasteiger partial charge in [0, 0.05) is 0 Å². The van der Waals surface area contributed by atoms with Crippen molar-refractivity contribution in [3.05, 3.63) is 22.2 Å². The van der Waals surface area contributed by atoms with Crippen molar-refractivity contribution >= 4 is 23.2 Å². The van der Waals surface area contributed by atoms with Gasteiger partial charge in [-0.15, -0.1) is 0 Å². The molecule has 16 heavy (non-hydrogen) atoms. The summed E-state index contributed by atoms with van der Waals surface area (Å²) in [7, 11) is 0. The van der Waals surface area contributed by atoms with Crippen LogP contribution >= 0.6 is 23.2 Å². The Bertz CT molecular complexity index is 370. The highest BCUT2D eigenvalue weighted by molar-refractivity contribution is 6.56. The monoisotopic (exact) mass is 258 g/mol. The molecule has 1 nitrogen and oxygen atoms in total. The standard InChI is InChI=1S/C13H16Cl2O/c1-6-2-5-9(16)12-8-4-3-7(10(6)12)11(8)13(14)15/h7-10,12,16H,1-5H2. The zero-order chi connectivity index (χ0) is 11.4. The third-order valence-corrected chi connectivity index (χ3v) is 5.23. The molecule has 0 aromatic carbocycles. The molecule has 3 rings (SSSR count). The van der Waals surface area contributed by atoms with Gasteiger partial charge in [-0.3, -0.25) is 0 Å². The van der Waals surface area contributed by atoms with Gasteiger partial charge in [-0.25, -0.2) is 0 Å². The summed E-state index contributed by atoms with van der Waals surface area (Å²) in [6.07, 6.45) is 3.92. The number of hydrogen-bond donors (Lipinski definition) is 1. The molecule has 3 aliphatic carbocycles. The number of aliphatic hydroxyl groups is 1. The zero-order valence-electron chi connectivity index (χ0n) is 9.13. The van der Waals surface area contributed by atoms with E-state index in [1.807, 2.05) is 0 Å². The molecule has 3 aliphatic rings. The van der Waals surface area contributed by atoms with Crippen LogP contribution in [0.4, 0.5) is 0 Å². The Kier molecular flexibility index (Phi) is 2.62. The van der Waals surface area contributed by atoms with E-state index in [0.29, 0.717) is 28.2 Å². The van der Waals surface area contributed by atoms with Crippen molar-refractivity contribution in [3.8, 4) is 0 Å². The molecule has 1 N–H and O–H groups in total. The summed E-state index contributed by atoms with van der Waals surface area (Å²) in [4.78, 5) is 0. The number of aliphatic hydroxyl groups excluding tert-OH is 1. The second kappa shape index (κ2) is 3.76. The molecule has 0 heterocycles. The fourth-order valence-corrected chi connectivity index (χ4v) is 4.83. The topological polar surface area (TPSA) is 20.2 Å². The molecular formula is C13H16Cl2O. The lowest BCUT2D eigenvalue weighted by atomic mass is 9.67. The van der Waals surface area contributed by atoms with Crippen molar-refractivity contribution in [2.75, 3.05) is 0 Å². The van der Waals surface area contributed by atoms with Gasteiger partial charge in [-0.1, -0.05) is 35.4 Å². The molecule has 0 aliphatic heterocycles. The summed E-state index contributed by atoms with van der Waals surface area (Å²) in [5.74, 6) is 1.64. The third-order valence-electron chi connectivity index (χ3n) is 4.80. The van der Waals surface area contributed by atoms with Crippen molar-refractivity contribution in [2.24, 2.45) is 23.7 Å². The van der Waals surface area contributed by atoms with Gasteiger partial charge in [0.25, 0.3) is 0 Å². The Hall–Kier alpha value is 0.0200. The average Bonchev–Trinajstić information content (AvgIpc) is 2.79. The van der Waals surface area contributed by atoms with E-state index in [1.54, 1.807) is 0 Å². The maximum absolute atomic E-state index is 10.2. The van der Waals surface area contributed by atoms with Crippen molar-refractivity contribution in [3.63, 3.8) is 0 Å². The van der Waals surface area contributed by atoms with Crippen LogP contribution in [-0.4, -0.2) is 11.2 Å². The largest absolute Gasteiger partial charge is 0.393 e. The Morgan fingerprint density at radius 3 is 2.50 bits per heavy atom. The molecule has 0 saturated heterocycles. The van der Waals surface area contributed by atoms with E-state index in [9.17, 15) is 5.11 Å². The summed E-state index contributed by atoms with van der Waals surface area (Å²) in [5, 5.41) is 10.2. The number of rotatable bonds is 0. The first kappa shape index (κ1) is 11.1. The Labute approximate surface area is 106 Å². The summed E-state index contributed by atoms with van der Waals surface area (Å²) >= 11 is 12.0. The smallest absolute Gasteiger partial charge is 0.106 e. The molecule has 0 radical (unpaired) electrons. The molecule has 0 aromatic heterocycles. The molecule has 2 bridgehead atoms. The molecule has 3 heteroatoms. The number of allylic oxidation sites excluding steroid dienone is 2. The average molecular weight is 259 g/mol. The predicted molar refractivity (Wildman–Crippen MR) is 66.3 cm³/mol. The molecule has 0 spiro atoms. The van der Waals surface area contributed by atoms with Crippen LogP contribution in [0.3, 0.4) is 0 Å². The van der Waals surface area contributed by atoms with E-state index >= 15 is 0 Å². The van der Waals surface area contributed by atoms with E-state index in [4.69, 9.17) is 23.2 Å². The van der Waals surface area contributed by atoms with Gasteiger partial charge in [0.05, 0.1) is 6.10 Å². The normalized spacial score (nSPS) is 46.1. The van der Waals surface area contributed by atoms with E-state index in [2.05, 4.69) is 6.58 Å². The first-order chi connectivity index (χ1) is 7.61. The Morgan fingerprint density at radius 1 is 1.19 bits per heavy atom. The van der Waals surface area contributed by atoms with Gasteiger partial charge in [-0.05, 0) is 54.9 Å². The second-order valence-electron chi connectivity index (χ2n) is 5.37. The molecule has 0 aromatic rings. The second-order valence-corrected chi connectivity index (χ2v) is 6.32. The maximum atomic E-state index is 10.2. The fraction of sp³-hybridized carbons (Fsp3) is 0.692. The Balaban J connectivity index is 2.04. The number of hydrogen-bond acceptors (Lipinski definition) is 1. The summed E-state index contributed by atoms with van der Waals surface area (Å²) in [5.41, 5.74) is 2.51. The van der Waals surface area contributed by atoms with Crippen LogP contribution in [0, 0.1) is 23.7 Å². The van der Waals surface area contributed by atoms with Gasteiger partial charge in [-0.2, -0.15) is 0 Å². The van der Waals surface area contributed by atoms with Gasteiger partial charge in [0.2, 0.25) is 0 Å². The quantitative estimate of drug-likeness (QED) is 0.658. The first-order valence-corrected chi connectivity index (χ1v) is 6.77. The minimum absolute atomic E-state index is 0.187. The van der Waals surface area contributed by atoms with E-state index in [1.165, 1.54) is 11.1 Å². The highest BCUT2D eigenvalue weighted by Crippen LogP contribution is 2.62. The summed E-state index contributed by atoms with van der Waals surface area (Å²) in [6, 6.07) is 0. The summed E-state index contributed by atoms with van der Waals surface area (Å²) < 4.78 is 0.446. The molecular weight excluding hydrogens is 243 g/mol. The van der Waals surface area contributed by atoms with Crippen LogP contribution in [0.2, 0.25) is 0 Å². The van der Waals surface area contributed by atoms with Crippen molar-refractivity contribution < 1.29 is 5.11 Å². The zero-order valence-corrected chi connectivity index (χ0v) is 10.6. The molecule has 3 fully saturated rings. The van der Waals surface area contributed by atoms with Gasteiger partial charge in [0.15, 0.2) is 0 Å². The molecule has 0 amide bonds. The van der Waals surface area contributed by atoms with Crippen LogP contribution in [0.5, 0.6) is 0 Å². The lowest BCUT2D eigenvalue weighted by Gasteiger charge is -2.39. The third kappa shape index (κ3) is 1.35. The maximum Gasteiger partial charge on any atom is 0.106 e. The highest BCUT2D eigenvalue weighted by atomic mass is 35.5. The molecule has 88 valence electrons. The van der Waals surface area contributed by atoms with Crippen LogP contribution in [-0.2, 0) is 0 Å². The number of fused-ring (bicyclic) bond motifs is 5. The van der Waals surface area contributed by atoms with Crippen molar-refractivity contribution in [1.82, 2.24) is 0 Å². The van der Waals surface area contributed by atoms with Gasteiger partial charge in [0.1, 0.15) is 4.49 Å². The predicted octanol–water partition coefficient (Wildman–Crippen LogP) is 3.66. The van der Waals surface area contributed by atoms with E-state index < -0.39 is 0 Å². The Morgan fingerprint density at radius 2 is 1.88 bits per heavy atom. The lowest BCUT2D eigenvalue weighted by Crippen LogP contribution is -2.37. The molecule has 5 atom stereocenters. The minimum atomic E-state index is -0.187. The SMILES string of the molecule is C=C1CCC(O)C2C3CCC(C3=C(Cl)Cl)C12. The van der Waals surface area contributed by atoms with Gasteiger partial charge < -0.3 is 5.11 Å². The summed E-state index contributed by atoms with van der Waals surface area (Å²) in [6.45, 7) is 4.18. The van der Waals surface area contributed by atoms with E-state index in [-0.39, 0.29) is 6.10 Å². The molecule has 3 saturated carbocycles. The van der Waals surface area contributed by atoms with E-state index in [0.717, 1.165) is 25.7 Å².